The maximum atomic E-state index is 4.45. The topological polar surface area (TPSA) is 46.1 Å². The summed E-state index contributed by atoms with van der Waals surface area (Å²) >= 11 is 0. The third-order valence-electron chi connectivity index (χ3n) is 6.82. The number of hydrogen-bond donors (Lipinski definition) is 2. The van der Waals surface area contributed by atoms with Crippen molar-refractivity contribution in [3.05, 3.63) is 35.9 Å². The van der Waals surface area contributed by atoms with Crippen molar-refractivity contribution in [2.75, 3.05) is 59.4 Å². The van der Waals surface area contributed by atoms with Crippen molar-refractivity contribution in [3.63, 3.8) is 0 Å². The summed E-state index contributed by atoms with van der Waals surface area (Å²) in [5, 5.41) is 7.17. The van der Waals surface area contributed by atoms with Gasteiger partial charge in [-0.2, -0.15) is 0 Å². The van der Waals surface area contributed by atoms with Crippen LogP contribution in [0, 0.1) is 5.92 Å². The predicted octanol–water partition coefficient (Wildman–Crippen LogP) is 2.48. The Labute approximate surface area is 190 Å². The monoisotopic (exact) mass is 428 g/mol. The van der Waals surface area contributed by atoms with Gasteiger partial charge in [0.1, 0.15) is 0 Å². The van der Waals surface area contributed by atoms with E-state index in [1.165, 1.54) is 57.7 Å². The summed E-state index contributed by atoms with van der Waals surface area (Å²) in [4.78, 5) is 12.2. The second-order valence-electron chi connectivity index (χ2n) is 9.59. The van der Waals surface area contributed by atoms with Crippen LogP contribution in [0.5, 0.6) is 0 Å². The quantitative estimate of drug-likeness (QED) is 0.359. The minimum absolute atomic E-state index is 0.487. The fraction of sp³-hybridized carbons (Fsp3) is 0.720. The number of aliphatic imine (C=N–C) groups is 1. The van der Waals surface area contributed by atoms with Crippen molar-refractivity contribution in [1.82, 2.24) is 25.3 Å². The summed E-state index contributed by atoms with van der Waals surface area (Å²) in [6, 6.07) is 11.9. The van der Waals surface area contributed by atoms with E-state index in [1.54, 1.807) is 0 Å². The number of nitrogens with zero attached hydrogens (tertiary/aromatic N) is 4. The van der Waals surface area contributed by atoms with Gasteiger partial charge in [-0.15, -0.1) is 0 Å². The maximum absolute atomic E-state index is 4.45. The zero-order chi connectivity index (χ0) is 22.1. The molecule has 0 bridgehead atoms. The number of likely N-dealkylation sites (tertiary alicyclic amines) is 1. The Kier molecular flexibility index (Phi) is 9.62. The van der Waals surface area contributed by atoms with Crippen molar-refractivity contribution in [3.8, 4) is 0 Å². The number of piperazine rings is 1. The lowest BCUT2D eigenvalue weighted by atomic mass is 10.1. The lowest BCUT2D eigenvalue weighted by molar-refractivity contribution is 0.126. The van der Waals surface area contributed by atoms with Gasteiger partial charge in [-0.3, -0.25) is 14.8 Å². The molecule has 31 heavy (non-hydrogen) atoms. The Morgan fingerprint density at radius 3 is 2.39 bits per heavy atom. The van der Waals surface area contributed by atoms with Crippen LogP contribution in [0.2, 0.25) is 0 Å². The highest BCUT2D eigenvalue weighted by Crippen LogP contribution is 2.18. The molecule has 0 amide bonds. The van der Waals surface area contributed by atoms with Gasteiger partial charge in [0.25, 0.3) is 0 Å². The Morgan fingerprint density at radius 1 is 1.03 bits per heavy atom. The number of rotatable bonds is 9. The number of nitrogens with one attached hydrogen (secondary N) is 2. The number of benzene rings is 1. The van der Waals surface area contributed by atoms with Crippen molar-refractivity contribution in [2.45, 2.75) is 52.2 Å². The van der Waals surface area contributed by atoms with Gasteiger partial charge in [0.2, 0.25) is 0 Å². The molecular formula is C25H44N6. The standard InChI is InChI=1S/C25H44N6/c1-21(2)31-18-22(3)24(20-31)28-25(26-4)27-12-8-9-13-29-14-16-30(17-15-29)19-23-10-6-5-7-11-23/h5-7,10-11,21-22,24H,8-9,12-20H2,1-4H3,(H2,26,27,28). The average molecular weight is 429 g/mol. The summed E-state index contributed by atoms with van der Waals surface area (Å²) in [6.45, 7) is 17.2. The lowest BCUT2D eigenvalue weighted by Crippen LogP contribution is -2.47. The van der Waals surface area contributed by atoms with Crippen molar-refractivity contribution >= 4 is 5.96 Å². The second-order valence-corrected chi connectivity index (χ2v) is 9.59. The predicted molar refractivity (Wildman–Crippen MR) is 132 cm³/mol. The van der Waals surface area contributed by atoms with Gasteiger partial charge in [-0.05, 0) is 44.7 Å². The molecule has 2 fully saturated rings. The molecule has 0 saturated carbocycles. The SMILES string of the molecule is CN=C(NCCCCN1CCN(Cc2ccccc2)CC1)NC1CN(C(C)C)CC1C. The number of unbranched alkanes of at least 4 members (excludes halogenated alkanes) is 1. The fourth-order valence-corrected chi connectivity index (χ4v) is 4.66. The van der Waals surface area contributed by atoms with Crippen molar-refractivity contribution in [1.29, 1.82) is 0 Å². The molecule has 0 aromatic heterocycles. The molecule has 6 heteroatoms. The third kappa shape index (κ3) is 7.78. The molecule has 2 heterocycles. The highest BCUT2D eigenvalue weighted by molar-refractivity contribution is 5.80. The number of hydrogen-bond acceptors (Lipinski definition) is 4. The van der Waals surface area contributed by atoms with E-state index in [0.29, 0.717) is 18.0 Å². The van der Waals surface area contributed by atoms with E-state index < -0.39 is 0 Å². The van der Waals surface area contributed by atoms with E-state index in [2.05, 4.69) is 81.4 Å². The summed E-state index contributed by atoms with van der Waals surface area (Å²) in [7, 11) is 1.88. The molecule has 2 unspecified atom stereocenters. The molecule has 0 aliphatic carbocycles. The second kappa shape index (κ2) is 12.4. The highest BCUT2D eigenvalue weighted by Gasteiger charge is 2.31. The first kappa shape index (κ1) is 24.0. The van der Waals surface area contributed by atoms with E-state index >= 15 is 0 Å². The Morgan fingerprint density at radius 2 is 1.74 bits per heavy atom. The molecule has 0 spiro atoms. The van der Waals surface area contributed by atoms with E-state index in [4.69, 9.17) is 0 Å². The maximum Gasteiger partial charge on any atom is 0.191 e. The van der Waals surface area contributed by atoms with Gasteiger partial charge in [0.05, 0.1) is 0 Å². The van der Waals surface area contributed by atoms with Gasteiger partial charge in [0.15, 0.2) is 5.96 Å². The normalized spacial score (nSPS) is 24.1. The summed E-state index contributed by atoms with van der Waals surface area (Å²) in [5.41, 5.74) is 1.42. The van der Waals surface area contributed by atoms with Crippen LogP contribution in [0.1, 0.15) is 39.2 Å². The van der Waals surface area contributed by atoms with E-state index in [-0.39, 0.29) is 0 Å². The van der Waals surface area contributed by atoms with Crippen LogP contribution in [0.25, 0.3) is 0 Å². The average Bonchev–Trinajstić information content (AvgIpc) is 3.15. The Bertz CT molecular complexity index is 653. The van der Waals surface area contributed by atoms with Gasteiger partial charge < -0.3 is 15.5 Å². The lowest BCUT2D eigenvalue weighted by Gasteiger charge is -2.34. The highest BCUT2D eigenvalue weighted by atomic mass is 15.3. The molecule has 2 aliphatic heterocycles. The zero-order valence-electron chi connectivity index (χ0n) is 20.2. The van der Waals surface area contributed by atoms with Crippen molar-refractivity contribution < 1.29 is 0 Å². The summed E-state index contributed by atoms with van der Waals surface area (Å²) in [6.07, 6.45) is 2.42. The van der Waals surface area contributed by atoms with Crippen LogP contribution >= 0.6 is 0 Å². The van der Waals surface area contributed by atoms with Crippen LogP contribution in [-0.4, -0.2) is 92.1 Å². The summed E-state index contributed by atoms with van der Waals surface area (Å²) < 4.78 is 0. The molecule has 3 rings (SSSR count). The molecule has 2 saturated heterocycles. The van der Waals surface area contributed by atoms with Crippen LogP contribution in [-0.2, 0) is 6.54 Å². The largest absolute Gasteiger partial charge is 0.356 e. The van der Waals surface area contributed by atoms with Crippen LogP contribution in [0.4, 0.5) is 0 Å². The molecular weight excluding hydrogens is 384 g/mol. The molecule has 2 N–H and O–H groups in total. The minimum Gasteiger partial charge on any atom is -0.356 e. The first-order valence-corrected chi connectivity index (χ1v) is 12.2. The molecule has 1 aromatic carbocycles. The van der Waals surface area contributed by atoms with Gasteiger partial charge >= 0.3 is 0 Å². The van der Waals surface area contributed by atoms with Crippen LogP contribution in [0.3, 0.4) is 0 Å². The third-order valence-corrected chi connectivity index (χ3v) is 6.82. The first-order valence-electron chi connectivity index (χ1n) is 12.2. The van der Waals surface area contributed by atoms with E-state index in [0.717, 1.165) is 25.6 Å². The molecule has 2 atom stereocenters. The van der Waals surface area contributed by atoms with Gasteiger partial charge in [-0.1, -0.05) is 37.3 Å². The first-order chi connectivity index (χ1) is 15.0. The van der Waals surface area contributed by atoms with Gasteiger partial charge in [-0.25, -0.2) is 0 Å². The zero-order valence-corrected chi connectivity index (χ0v) is 20.2. The Hall–Kier alpha value is -1.63. The molecule has 174 valence electrons. The van der Waals surface area contributed by atoms with E-state index in [1.807, 2.05) is 7.05 Å². The fourth-order valence-electron chi connectivity index (χ4n) is 4.66. The smallest absolute Gasteiger partial charge is 0.191 e. The van der Waals surface area contributed by atoms with Crippen LogP contribution < -0.4 is 10.6 Å². The van der Waals surface area contributed by atoms with E-state index in [9.17, 15) is 0 Å². The Balaban J connectivity index is 1.25. The molecule has 6 nitrogen and oxygen atoms in total. The number of guanidine groups is 1. The van der Waals surface area contributed by atoms with Gasteiger partial charge in [0, 0.05) is 71.5 Å². The molecule has 2 aliphatic rings. The molecule has 1 aromatic rings. The minimum atomic E-state index is 0.487. The summed E-state index contributed by atoms with van der Waals surface area (Å²) in [5.74, 6) is 1.61. The van der Waals surface area contributed by atoms with Crippen LogP contribution in [0.15, 0.2) is 35.3 Å². The molecule has 0 radical (unpaired) electrons. The van der Waals surface area contributed by atoms with Crippen molar-refractivity contribution in [2.24, 2.45) is 10.9 Å².